The molecule has 0 fully saturated rings. The van der Waals surface area contributed by atoms with Gasteiger partial charge in [-0.1, -0.05) is 47.5 Å². The van der Waals surface area contributed by atoms with Crippen LogP contribution in [0.3, 0.4) is 0 Å². The Morgan fingerprint density at radius 1 is 0.897 bits per heavy atom. The van der Waals surface area contributed by atoms with Crippen molar-refractivity contribution in [2.75, 3.05) is 6.61 Å². The molecule has 0 aliphatic rings. The minimum atomic E-state index is 0.506. The van der Waals surface area contributed by atoms with Gasteiger partial charge in [-0.15, -0.1) is 0 Å². The molecule has 0 spiro atoms. The smallest absolute Gasteiger partial charge is 0.175 e. The number of rotatable bonds is 7. The van der Waals surface area contributed by atoms with E-state index in [1.165, 1.54) is 16.7 Å². The van der Waals surface area contributed by atoms with Crippen molar-refractivity contribution >= 4 is 34.5 Å². The van der Waals surface area contributed by atoms with Crippen LogP contribution in [0.4, 0.5) is 5.69 Å². The Balaban J connectivity index is 1.83. The second kappa shape index (κ2) is 9.92. The maximum absolute atomic E-state index is 6.12. The van der Waals surface area contributed by atoms with Crippen molar-refractivity contribution in [3.8, 4) is 11.5 Å². The van der Waals surface area contributed by atoms with Gasteiger partial charge >= 0.3 is 0 Å². The molecule has 3 nitrogen and oxygen atoms in total. The number of benzene rings is 3. The van der Waals surface area contributed by atoms with Gasteiger partial charge in [0.05, 0.1) is 15.9 Å². The molecule has 0 bridgehead atoms. The van der Waals surface area contributed by atoms with Gasteiger partial charge in [-0.25, -0.2) is 0 Å². The summed E-state index contributed by atoms with van der Waals surface area (Å²) in [6.07, 6.45) is 1.88. The minimum Gasteiger partial charge on any atom is -0.490 e. The summed E-state index contributed by atoms with van der Waals surface area (Å²) in [5, 5.41) is 0. The summed E-state index contributed by atoms with van der Waals surface area (Å²) in [7, 11) is 0. The average Bonchev–Trinajstić information content (AvgIpc) is 2.68. The molecule has 29 heavy (non-hydrogen) atoms. The van der Waals surface area contributed by atoms with Crippen LogP contribution in [-0.4, -0.2) is 12.8 Å². The molecule has 0 atom stereocenters. The highest BCUT2D eigenvalue weighted by Crippen LogP contribution is 2.34. The highest BCUT2D eigenvalue weighted by Gasteiger charge is 2.12. The quantitative estimate of drug-likeness (QED) is 0.260. The highest BCUT2D eigenvalue weighted by molar-refractivity contribution is 14.1. The molecule has 3 rings (SSSR count). The van der Waals surface area contributed by atoms with Crippen LogP contribution in [0.1, 0.15) is 34.7 Å². The maximum Gasteiger partial charge on any atom is 0.175 e. The van der Waals surface area contributed by atoms with E-state index in [0.29, 0.717) is 13.2 Å². The van der Waals surface area contributed by atoms with Crippen LogP contribution in [-0.2, 0) is 6.61 Å². The normalized spacial score (nSPS) is 11.1. The van der Waals surface area contributed by atoms with Gasteiger partial charge < -0.3 is 9.47 Å². The van der Waals surface area contributed by atoms with E-state index in [9.17, 15) is 0 Å². The predicted octanol–water partition coefficient (Wildman–Crippen LogP) is 6.94. The summed E-state index contributed by atoms with van der Waals surface area (Å²) in [5.74, 6) is 1.52. The van der Waals surface area contributed by atoms with E-state index in [0.717, 1.165) is 31.9 Å². The first-order valence-corrected chi connectivity index (χ1v) is 10.8. The third kappa shape index (κ3) is 5.82. The molecule has 0 radical (unpaired) electrons. The summed E-state index contributed by atoms with van der Waals surface area (Å²) in [4.78, 5) is 4.67. The molecule has 0 aliphatic heterocycles. The van der Waals surface area contributed by atoms with E-state index in [1.807, 2.05) is 19.2 Å². The predicted molar refractivity (Wildman–Crippen MR) is 129 cm³/mol. The summed E-state index contributed by atoms with van der Waals surface area (Å²) >= 11 is 2.30. The molecule has 3 aromatic rings. The van der Waals surface area contributed by atoms with Crippen molar-refractivity contribution in [2.45, 2.75) is 34.3 Å². The maximum atomic E-state index is 6.12. The number of aryl methyl sites for hydroxylation is 3. The Hall–Kier alpha value is -2.34. The van der Waals surface area contributed by atoms with Crippen molar-refractivity contribution in [1.82, 2.24) is 0 Å². The Kier molecular flexibility index (Phi) is 7.31. The first-order chi connectivity index (χ1) is 14.0. The van der Waals surface area contributed by atoms with Gasteiger partial charge in [-0.05, 0) is 85.2 Å². The van der Waals surface area contributed by atoms with Gasteiger partial charge in [0.25, 0.3) is 0 Å². The van der Waals surface area contributed by atoms with Crippen LogP contribution in [0, 0.1) is 24.3 Å². The van der Waals surface area contributed by atoms with E-state index < -0.39 is 0 Å². The summed E-state index contributed by atoms with van der Waals surface area (Å²) in [5.41, 5.74) is 6.74. The van der Waals surface area contributed by atoms with E-state index in [1.54, 1.807) is 0 Å². The SMILES string of the molecule is CCOc1cc(C=Nc2ccc(C)cc2C)cc(I)c1OCc1ccc(C)cc1. The second-order valence-corrected chi connectivity index (χ2v) is 8.25. The molecule has 4 heteroatoms. The zero-order valence-corrected chi connectivity index (χ0v) is 19.5. The number of halogens is 1. The zero-order valence-electron chi connectivity index (χ0n) is 17.3. The first kappa shape index (κ1) is 21.4. The van der Waals surface area contributed by atoms with Crippen molar-refractivity contribution in [1.29, 1.82) is 0 Å². The molecule has 3 aromatic carbocycles. The molecule has 0 N–H and O–H groups in total. The van der Waals surface area contributed by atoms with E-state index >= 15 is 0 Å². The summed E-state index contributed by atoms with van der Waals surface area (Å²) in [6, 6.07) is 18.7. The summed E-state index contributed by atoms with van der Waals surface area (Å²) in [6.45, 7) is 9.32. The van der Waals surface area contributed by atoms with Crippen molar-refractivity contribution in [3.05, 3.63) is 86.0 Å². The van der Waals surface area contributed by atoms with Crippen LogP contribution in [0.15, 0.2) is 59.6 Å². The van der Waals surface area contributed by atoms with Crippen LogP contribution < -0.4 is 9.47 Å². The molecule has 0 amide bonds. The largest absolute Gasteiger partial charge is 0.490 e. The molecule has 0 aliphatic carbocycles. The van der Waals surface area contributed by atoms with Crippen molar-refractivity contribution < 1.29 is 9.47 Å². The van der Waals surface area contributed by atoms with Crippen LogP contribution in [0.25, 0.3) is 0 Å². The fraction of sp³-hybridized carbons (Fsp3) is 0.240. The standard InChI is InChI=1S/C25H26INO2/c1-5-28-24-14-21(15-27-23-11-8-18(3)12-19(23)4)13-22(26)25(24)29-16-20-9-6-17(2)7-10-20/h6-15H,5,16H2,1-4H3. The number of nitrogens with zero attached hydrogens (tertiary/aromatic N) is 1. The molecule has 0 unspecified atom stereocenters. The highest BCUT2D eigenvalue weighted by atomic mass is 127. The third-order valence-electron chi connectivity index (χ3n) is 4.54. The van der Waals surface area contributed by atoms with Gasteiger partial charge in [0.15, 0.2) is 11.5 Å². The number of aliphatic imine (C=N–C) groups is 1. The topological polar surface area (TPSA) is 30.8 Å². The van der Waals surface area contributed by atoms with Crippen molar-refractivity contribution in [3.63, 3.8) is 0 Å². The lowest BCUT2D eigenvalue weighted by Crippen LogP contribution is -2.02. The monoisotopic (exact) mass is 499 g/mol. The molecule has 150 valence electrons. The Labute approximate surface area is 186 Å². The van der Waals surface area contributed by atoms with Crippen molar-refractivity contribution in [2.24, 2.45) is 4.99 Å². The Morgan fingerprint density at radius 3 is 2.31 bits per heavy atom. The summed E-state index contributed by atoms with van der Waals surface area (Å²) < 4.78 is 13.0. The van der Waals surface area contributed by atoms with Gasteiger partial charge in [0, 0.05) is 6.21 Å². The number of hydrogen-bond donors (Lipinski definition) is 0. The Morgan fingerprint density at radius 2 is 1.62 bits per heavy atom. The van der Waals surface area contributed by atoms with Gasteiger partial charge in [-0.2, -0.15) is 0 Å². The van der Waals surface area contributed by atoms with Crippen LogP contribution in [0.2, 0.25) is 0 Å². The fourth-order valence-electron chi connectivity index (χ4n) is 3.00. The lowest BCUT2D eigenvalue weighted by Gasteiger charge is -2.15. The van der Waals surface area contributed by atoms with Crippen LogP contribution in [0.5, 0.6) is 11.5 Å². The molecule has 0 heterocycles. The molecule has 0 saturated carbocycles. The van der Waals surface area contributed by atoms with Gasteiger partial charge in [0.1, 0.15) is 6.61 Å². The molecular formula is C25H26INO2. The lowest BCUT2D eigenvalue weighted by atomic mass is 10.1. The minimum absolute atomic E-state index is 0.506. The molecule has 0 aromatic heterocycles. The molecular weight excluding hydrogens is 473 g/mol. The first-order valence-electron chi connectivity index (χ1n) is 9.72. The Bertz CT molecular complexity index is 1010. The number of hydrogen-bond acceptors (Lipinski definition) is 3. The van der Waals surface area contributed by atoms with Gasteiger partial charge in [-0.3, -0.25) is 4.99 Å². The number of ether oxygens (including phenoxy) is 2. The third-order valence-corrected chi connectivity index (χ3v) is 5.34. The average molecular weight is 499 g/mol. The van der Waals surface area contributed by atoms with Crippen LogP contribution >= 0.6 is 22.6 Å². The lowest BCUT2D eigenvalue weighted by molar-refractivity contribution is 0.267. The van der Waals surface area contributed by atoms with E-state index in [2.05, 4.69) is 96.9 Å². The van der Waals surface area contributed by atoms with E-state index in [4.69, 9.17) is 9.47 Å². The van der Waals surface area contributed by atoms with Gasteiger partial charge in [0.2, 0.25) is 0 Å². The molecule has 0 saturated heterocycles. The zero-order chi connectivity index (χ0) is 20.8. The van der Waals surface area contributed by atoms with E-state index in [-0.39, 0.29) is 0 Å². The second-order valence-electron chi connectivity index (χ2n) is 7.09. The fourth-order valence-corrected chi connectivity index (χ4v) is 3.78.